The van der Waals surface area contributed by atoms with Gasteiger partial charge in [0.05, 0.1) is 0 Å². The van der Waals surface area contributed by atoms with Gasteiger partial charge in [-0.3, -0.25) is 0 Å². The zero-order valence-electron chi connectivity index (χ0n) is 6.50. The SMILES string of the molecule is Cc1cccc2c1C=CCS2. The van der Waals surface area contributed by atoms with Crippen molar-refractivity contribution in [2.75, 3.05) is 5.75 Å². The van der Waals surface area contributed by atoms with E-state index in [2.05, 4.69) is 37.3 Å². The van der Waals surface area contributed by atoms with Crippen LogP contribution in [0.25, 0.3) is 6.08 Å². The molecular weight excluding hydrogens is 152 g/mol. The maximum atomic E-state index is 2.22. The molecule has 1 heterocycles. The van der Waals surface area contributed by atoms with E-state index in [1.54, 1.807) is 0 Å². The molecule has 0 bridgehead atoms. The molecule has 0 atom stereocenters. The third kappa shape index (κ3) is 1.21. The quantitative estimate of drug-likeness (QED) is 0.565. The molecule has 0 amide bonds. The van der Waals surface area contributed by atoms with Crippen LogP contribution in [0.3, 0.4) is 0 Å². The Balaban J connectivity index is 2.60. The minimum Gasteiger partial charge on any atom is -0.121 e. The maximum Gasteiger partial charge on any atom is 0.0164 e. The highest BCUT2D eigenvalue weighted by Gasteiger charge is 2.05. The zero-order valence-corrected chi connectivity index (χ0v) is 7.32. The average molecular weight is 162 g/mol. The standard InChI is InChI=1S/C10H10S/c1-8-4-2-6-10-9(8)5-3-7-11-10/h2-6H,7H2,1H3. The van der Waals surface area contributed by atoms with Crippen molar-refractivity contribution in [3.05, 3.63) is 35.4 Å². The molecule has 1 heteroatoms. The number of rotatable bonds is 0. The molecule has 11 heavy (non-hydrogen) atoms. The zero-order chi connectivity index (χ0) is 7.68. The molecule has 1 aromatic rings. The van der Waals surface area contributed by atoms with Gasteiger partial charge < -0.3 is 0 Å². The van der Waals surface area contributed by atoms with E-state index in [9.17, 15) is 0 Å². The summed E-state index contributed by atoms with van der Waals surface area (Å²) in [5.74, 6) is 1.12. The van der Waals surface area contributed by atoms with Crippen LogP contribution in [0.15, 0.2) is 29.2 Å². The molecule has 0 radical (unpaired) electrons. The smallest absolute Gasteiger partial charge is 0.0164 e. The average Bonchev–Trinajstić information content (AvgIpc) is 2.06. The van der Waals surface area contributed by atoms with Gasteiger partial charge in [0.2, 0.25) is 0 Å². The summed E-state index contributed by atoms with van der Waals surface area (Å²) in [5, 5.41) is 0. The van der Waals surface area contributed by atoms with Crippen LogP contribution < -0.4 is 0 Å². The second kappa shape index (κ2) is 2.74. The summed E-state index contributed by atoms with van der Waals surface area (Å²) in [6.07, 6.45) is 4.45. The van der Waals surface area contributed by atoms with Gasteiger partial charge in [-0.25, -0.2) is 0 Å². The topological polar surface area (TPSA) is 0 Å². The van der Waals surface area contributed by atoms with Crippen molar-refractivity contribution in [2.24, 2.45) is 0 Å². The highest BCUT2D eigenvalue weighted by Crippen LogP contribution is 2.29. The lowest BCUT2D eigenvalue weighted by Crippen LogP contribution is -1.89. The fourth-order valence-corrected chi connectivity index (χ4v) is 2.23. The van der Waals surface area contributed by atoms with Crippen LogP contribution in [0.2, 0.25) is 0 Å². The van der Waals surface area contributed by atoms with Crippen molar-refractivity contribution < 1.29 is 0 Å². The third-order valence-electron chi connectivity index (χ3n) is 1.90. The second-order valence-corrected chi connectivity index (χ2v) is 3.76. The Labute approximate surface area is 71.3 Å². The maximum absolute atomic E-state index is 2.22. The van der Waals surface area contributed by atoms with Crippen LogP contribution in [0.5, 0.6) is 0 Å². The summed E-state index contributed by atoms with van der Waals surface area (Å²) in [5.41, 5.74) is 2.79. The molecule has 56 valence electrons. The Bertz CT molecular complexity index is 300. The van der Waals surface area contributed by atoms with Crippen LogP contribution in [-0.4, -0.2) is 5.75 Å². The van der Waals surface area contributed by atoms with E-state index >= 15 is 0 Å². The van der Waals surface area contributed by atoms with E-state index in [0.29, 0.717) is 0 Å². The second-order valence-electron chi connectivity index (χ2n) is 2.70. The number of aryl methyl sites for hydroxylation is 1. The normalized spacial score (nSPS) is 14.6. The van der Waals surface area contributed by atoms with E-state index in [-0.39, 0.29) is 0 Å². The number of thioether (sulfide) groups is 1. The number of benzene rings is 1. The summed E-state index contributed by atoms with van der Waals surface area (Å²) >= 11 is 1.92. The molecular formula is C10H10S. The van der Waals surface area contributed by atoms with Gasteiger partial charge in [0.25, 0.3) is 0 Å². The Morgan fingerprint density at radius 2 is 2.27 bits per heavy atom. The number of hydrogen-bond donors (Lipinski definition) is 0. The van der Waals surface area contributed by atoms with Crippen molar-refractivity contribution in [2.45, 2.75) is 11.8 Å². The molecule has 0 unspecified atom stereocenters. The fourth-order valence-electron chi connectivity index (χ4n) is 1.30. The largest absolute Gasteiger partial charge is 0.121 e. The Kier molecular flexibility index (Phi) is 1.74. The van der Waals surface area contributed by atoms with Gasteiger partial charge >= 0.3 is 0 Å². The van der Waals surface area contributed by atoms with Gasteiger partial charge in [0.15, 0.2) is 0 Å². The van der Waals surface area contributed by atoms with Crippen LogP contribution in [-0.2, 0) is 0 Å². The van der Waals surface area contributed by atoms with Crippen LogP contribution >= 0.6 is 11.8 Å². The number of fused-ring (bicyclic) bond motifs is 1. The minimum atomic E-state index is 1.12. The lowest BCUT2D eigenvalue weighted by molar-refractivity contribution is 1.31. The third-order valence-corrected chi connectivity index (χ3v) is 2.93. The summed E-state index contributed by atoms with van der Waals surface area (Å²) in [6.45, 7) is 2.16. The van der Waals surface area contributed by atoms with Gasteiger partial charge in [-0.1, -0.05) is 24.3 Å². The molecule has 1 aromatic carbocycles. The summed E-state index contributed by atoms with van der Waals surface area (Å²) in [7, 11) is 0. The van der Waals surface area contributed by atoms with Gasteiger partial charge in [-0.15, -0.1) is 11.8 Å². The van der Waals surface area contributed by atoms with Crippen molar-refractivity contribution in [3.63, 3.8) is 0 Å². The fraction of sp³-hybridized carbons (Fsp3) is 0.200. The van der Waals surface area contributed by atoms with E-state index in [1.165, 1.54) is 16.0 Å². The van der Waals surface area contributed by atoms with E-state index in [0.717, 1.165) is 5.75 Å². The predicted octanol–water partition coefficient (Wildman–Crippen LogP) is 3.11. The first-order valence-corrected chi connectivity index (χ1v) is 4.75. The molecule has 0 aromatic heterocycles. The van der Waals surface area contributed by atoms with E-state index in [4.69, 9.17) is 0 Å². The molecule has 0 aliphatic carbocycles. The highest BCUT2D eigenvalue weighted by atomic mass is 32.2. The molecule has 1 aliphatic rings. The number of hydrogen-bond acceptors (Lipinski definition) is 1. The van der Waals surface area contributed by atoms with E-state index in [1.807, 2.05) is 11.8 Å². The van der Waals surface area contributed by atoms with Gasteiger partial charge in [-0.2, -0.15) is 0 Å². The summed E-state index contributed by atoms with van der Waals surface area (Å²) in [6, 6.07) is 6.48. The Morgan fingerprint density at radius 1 is 1.36 bits per heavy atom. The Hall–Kier alpha value is -0.690. The van der Waals surface area contributed by atoms with E-state index < -0.39 is 0 Å². The van der Waals surface area contributed by atoms with Crippen LogP contribution in [0, 0.1) is 6.92 Å². The molecule has 0 nitrogen and oxygen atoms in total. The summed E-state index contributed by atoms with van der Waals surface area (Å²) in [4.78, 5) is 1.42. The monoisotopic (exact) mass is 162 g/mol. The first-order chi connectivity index (χ1) is 5.38. The van der Waals surface area contributed by atoms with Gasteiger partial charge in [0.1, 0.15) is 0 Å². The van der Waals surface area contributed by atoms with Crippen molar-refractivity contribution in [3.8, 4) is 0 Å². The molecule has 0 fully saturated rings. The van der Waals surface area contributed by atoms with Gasteiger partial charge in [-0.05, 0) is 24.1 Å². The van der Waals surface area contributed by atoms with Crippen molar-refractivity contribution in [1.29, 1.82) is 0 Å². The predicted molar refractivity (Wildman–Crippen MR) is 50.9 cm³/mol. The minimum absolute atomic E-state index is 1.12. The lowest BCUT2D eigenvalue weighted by Gasteiger charge is -2.11. The Morgan fingerprint density at radius 3 is 3.09 bits per heavy atom. The highest BCUT2D eigenvalue weighted by molar-refractivity contribution is 7.99. The first kappa shape index (κ1) is 6.99. The molecule has 0 spiro atoms. The lowest BCUT2D eigenvalue weighted by atomic mass is 10.1. The van der Waals surface area contributed by atoms with Crippen molar-refractivity contribution >= 4 is 17.8 Å². The first-order valence-electron chi connectivity index (χ1n) is 3.77. The van der Waals surface area contributed by atoms with Crippen molar-refractivity contribution in [1.82, 2.24) is 0 Å². The molecule has 0 N–H and O–H groups in total. The van der Waals surface area contributed by atoms with Crippen LogP contribution in [0.4, 0.5) is 0 Å². The van der Waals surface area contributed by atoms with Crippen LogP contribution in [0.1, 0.15) is 11.1 Å². The molecule has 0 saturated heterocycles. The molecule has 2 rings (SSSR count). The molecule has 1 aliphatic heterocycles. The van der Waals surface area contributed by atoms with Gasteiger partial charge in [0, 0.05) is 10.6 Å². The molecule has 0 saturated carbocycles. The summed E-state index contributed by atoms with van der Waals surface area (Å²) < 4.78 is 0.